The lowest BCUT2D eigenvalue weighted by atomic mass is 10.0. The van der Waals surface area contributed by atoms with Gasteiger partial charge in [0, 0.05) is 11.4 Å². The van der Waals surface area contributed by atoms with Crippen molar-refractivity contribution in [3.8, 4) is 0 Å². The minimum atomic E-state index is -3.51. The predicted molar refractivity (Wildman–Crippen MR) is 106 cm³/mol. The van der Waals surface area contributed by atoms with Crippen molar-refractivity contribution in [2.45, 2.75) is 38.2 Å². The van der Waals surface area contributed by atoms with Crippen LogP contribution in [0.4, 0.5) is 11.4 Å². The highest BCUT2D eigenvalue weighted by Crippen LogP contribution is 2.42. The van der Waals surface area contributed by atoms with E-state index in [9.17, 15) is 8.42 Å². The zero-order valence-corrected chi connectivity index (χ0v) is 16.1. The molecule has 0 aliphatic carbocycles. The van der Waals surface area contributed by atoms with Gasteiger partial charge in [0.1, 0.15) is 0 Å². The van der Waals surface area contributed by atoms with Crippen LogP contribution in [0.15, 0.2) is 48.5 Å². The molecule has 5 heteroatoms. The molecule has 4 N–H and O–H groups in total. The maximum Gasteiger partial charge on any atom is 0.164 e. The third-order valence-corrected chi connectivity index (χ3v) is 7.45. The molecular formula is C20H28N2O2S. The summed E-state index contributed by atoms with van der Waals surface area (Å²) in [6, 6.07) is 14.4. The van der Waals surface area contributed by atoms with E-state index in [1.165, 1.54) is 0 Å². The van der Waals surface area contributed by atoms with Gasteiger partial charge in [-0.05, 0) is 47.2 Å². The molecule has 0 fully saturated rings. The van der Waals surface area contributed by atoms with Crippen LogP contribution in [0.5, 0.6) is 0 Å². The first kappa shape index (κ1) is 19.3. The van der Waals surface area contributed by atoms with Gasteiger partial charge in [-0.25, -0.2) is 8.42 Å². The normalized spacial score (nSPS) is 14.6. The van der Waals surface area contributed by atoms with Crippen molar-refractivity contribution in [2.75, 3.05) is 11.5 Å². The van der Waals surface area contributed by atoms with E-state index < -0.39 is 20.3 Å². The number of sulfone groups is 1. The van der Waals surface area contributed by atoms with Crippen LogP contribution >= 0.6 is 0 Å². The summed E-state index contributed by atoms with van der Waals surface area (Å²) in [4.78, 5) is 0. The van der Waals surface area contributed by atoms with Crippen LogP contribution < -0.4 is 11.5 Å². The summed E-state index contributed by atoms with van der Waals surface area (Å²) in [5, 5.41) is -1.24. The Balaban J connectivity index is 2.61. The van der Waals surface area contributed by atoms with E-state index in [1.807, 2.05) is 39.8 Å². The van der Waals surface area contributed by atoms with Gasteiger partial charge in [0.05, 0.1) is 10.5 Å². The van der Waals surface area contributed by atoms with Gasteiger partial charge in [0.15, 0.2) is 9.84 Å². The second-order valence-corrected chi connectivity index (χ2v) is 9.45. The molecule has 4 nitrogen and oxygen atoms in total. The molecule has 0 aromatic heterocycles. The van der Waals surface area contributed by atoms with Gasteiger partial charge in [-0.2, -0.15) is 0 Å². The van der Waals surface area contributed by atoms with Crippen LogP contribution in [0.2, 0.25) is 0 Å². The SMILES string of the molecule is CC(C)C(c1cccc(N)c1)S(=O)(=O)C(c1cccc(N)c1)C(C)C. The summed E-state index contributed by atoms with van der Waals surface area (Å²) < 4.78 is 27.3. The number of rotatable bonds is 6. The standard InChI is InChI=1S/C20H28N2O2S/c1-13(2)19(15-7-5-9-17(21)11-15)25(23,24)20(14(3)4)16-8-6-10-18(22)12-16/h5-14,19-20H,21-22H2,1-4H3. The summed E-state index contributed by atoms with van der Waals surface area (Å²) >= 11 is 0. The Labute approximate surface area is 151 Å². The van der Waals surface area contributed by atoms with Crippen molar-refractivity contribution < 1.29 is 8.42 Å². The van der Waals surface area contributed by atoms with E-state index in [1.54, 1.807) is 36.4 Å². The summed E-state index contributed by atoms with van der Waals surface area (Å²) in [5.41, 5.74) is 14.4. The molecule has 0 saturated carbocycles. The maximum atomic E-state index is 13.7. The Hall–Kier alpha value is -2.01. The summed E-state index contributed by atoms with van der Waals surface area (Å²) in [5.74, 6) is -0.150. The molecule has 0 heterocycles. The molecule has 0 saturated heterocycles. The van der Waals surface area contributed by atoms with Crippen molar-refractivity contribution >= 4 is 21.2 Å². The van der Waals surface area contributed by atoms with Gasteiger partial charge in [0.25, 0.3) is 0 Å². The lowest BCUT2D eigenvalue weighted by Gasteiger charge is -2.30. The number of anilines is 2. The summed E-state index contributed by atoms with van der Waals surface area (Å²) in [7, 11) is -3.51. The van der Waals surface area contributed by atoms with Crippen LogP contribution in [-0.4, -0.2) is 8.42 Å². The van der Waals surface area contributed by atoms with E-state index in [0.717, 1.165) is 11.1 Å². The minimum Gasteiger partial charge on any atom is -0.399 e. The molecule has 25 heavy (non-hydrogen) atoms. The number of hydrogen-bond acceptors (Lipinski definition) is 4. The molecule has 2 unspecified atom stereocenters. The molecule has 0 aliphatic heterocycles. The van der Waals surface area contributed by atoms with E-state index in [0.29, 0.717) is 11.4 Å². The Morgan fingerprint density at radius 1 is 0.720 bits per heavy atom. The first-order valence-corrected chi connectivity index (χ1v) is 10.2. The lowest BCUT2D eigenvalue weighted by Crippen LogP contribution is -2.28. The van der Waals surface area contributed by atoms with Crippen molar-refractivity contribution in [1.29, 1.82) is 0 Å². The highest BCUT2D eigenvalue weighted by Gasteiger charge is 2.39. The fourth-order valence-corrected chi connectivity index (χ4v) is 6.42. The van der Waals surface area contributed by atoms with Gasteiger partial charge in [-0.3, -0.25) is 0 Å². The number of nitrogen functional groups attached to an aromatic ring is 2. The molecular weight excluding hydrogens is 332 g/mol. The average molecular weight is 361 g/mol. The van der Waals surface area contributed by atoms with Gasteiger partial charge >= 0.3 is 0 Å². The van der Waals surface area contributed by atoms with Crippen LogP contribution in [0.3, 0.4) is 0 Å². The molecule has 2 rings (SSSR count). The third-order valence-electron chi connectivity index (χ3n) is 4.40. The number of benzene rings is 2. The van der Waals surface area contributed by atoms with Gasteiger partial charge in [-0.15, -0.1) is 0 Å². The smallest absolute Gasteiger partial charge is 0.164 e. The molecule has 2 aromatic rings. The number of hydrogen-bond donors (Lipinski definition) is 2. The Morgan fingerprint density at radius 2 is 1.08 bits per heavy atom. The van der Waals surface area contributed by atoms with Crippen LogP contribution in [-0.2, 0) is 9.84 Å². The van der Waals surface area contributed by atoms with Crippen LogP contribution in [0, 0.1) is 11.8 Å². The van der Waals surface area contributed by atoms with E-state index in [2.05, 4.69) is 0 Å². The Bertz CT molecular complexity index is 766. The lowest BCUT2D eigenvalue weighted by molar-refractivity contribution is 0.502. The largest absolute Gasteiger partial charge is 0.399 e. The quantitative estimate of drug-likeness (QED) is 0.749. The molecule has 2 aromatic carbocycles. The zero-order valence-electron chi connectivity index (χ0n) is 15.3. The maximum absolute atomic E-state index is 13.7. The van der Waals surface area contributed by atoms with Crippen molar-refractivity contribution in [3.05, 3.63) is 59.7 Å². The predicted octanol–water partition coefficient (Wildman–Crippen LogP) is 4.36. The highest BCUT2D eigenvalue weighted by molar-refractivity contribution is 7.91. The van der Waals surface area contributed by atoms with Crippen molar-refractivity contribution in [3.63, 3.8) is 0 Å². The minimum absolute atomic E-state index is 0.0749. The van der Waals surface area contributed by atoms with Crippen molar-refractivity contribution in [1.82, 2.24) is 0 Å². The fourth-order valence-electron chi connectivity index (χ4n) is 3.54. The fraction of sp³-hybridized carbons (Fsp3) is 0.400. The average Bonchev–Trinajstić information content (AvgIpc) is 2.45. The molecule has 0 radical (unpaired) electrons. The monoisotopic (exact) mass is 360 g/mol. The summed E-state index contributed by atoms with van der Waals surface area (Å²) in [6.07, 6.45) is 0. The first-order chi connectivity index (χ1) is 11.6. The van der Waals surface area contributed by atoms with E-state index in [4.69, 9.17) is 11.5 Å². The summed E-state index contributed by atoms with van der Waals surface area (Å²) in [6.45, 7) is 7.73. The molecule has 0 amide bonds. The first-order valence-electron chi connectivity index (χ1n) is 8.58. The second-order valence-electron chi connectivity index (χ2n) is 7.26. The van der Waals surface area contributed by atoms with E-state index >= 15 is 0 Å². The molecule has 0 spiro atoms. The second kappa shape index (κ2) is 7.48. The Kier molecular flexibility index (Phi) is 5.78. The van der Waals surface area contributed by atoms with Crippen LogP contribution in [0.1, 0.15) is 49.3 Å². The zero-order chi connectivity index (χ0) is 18.8. The molecule has 0 bridgehead atoms. The molecule has 136 valence electrons. The van der Waals surface area contributed by atoms with E-state index in [-0.39, 0.29) is 11.8 Å². The topological polar surface area (TPSA) is 86.2 Å². The van der Waals surface area contributed by atoms with Crippen molar-refractivity contribution in [2.24, 2.45) is 11.8 Å². The highest BCUT2D eigenvalue weighted by atomic mass is 32.2. The number of nitrogens with two attached hydrogens (primary N) is 2. The van der Waals surface area contributed by atoms with Gasteiger partial charge in [-0.1, -0.05) is 52.0 Å². The molecule has 0 aliphatic rings. The third kappa shape index (κ3) is 4.15. The Morgan fingerprint density at radius 3 is 1.36 bits per heavy atom. The van der Waals surface area contributed by atoms with Gasteiger partial charge < -0.3 is 11.5 Å². The molecule has 2 atom stereocenters. The van der Waals surface area contributed by atoms with Gasteiger partial charge in [0.2, 0.25) is 0 Å². The van der Waals surface area contributed by atoms with Crippen LogP contribution in [0.25, 0.3) is 0 Å².